The lowest BCUT2D eigenvalue weighted by Gasteiger charge is -2.25. The summed E-state index contributed by atoms with van der Waals surface area (Å²) in [5.74, 6) is -0.376. The van der Waals surface area contributed by atoms with E-state index in [1.807, 2.05) is 80.4 Å². The molecule has 2 aromatic carbocycles. The van der Waals surface area contributed by atoms with Crippen molar-refractivity contribution in [2.45, 2.75) is 19.8 Å². The van der Waals surface area contributed by atoms with Gasteiger partial charge in [0.15, 0.2) is 5.78 Å². The number of allylic oxidation sites excluding steroid dienone is 3. The Morgan fingerprint density at radius 2 is 1.86 bits per heavy atom. The molecule has 1 aliphatic rings. The first kappa shape index (κ1) is 21.2. The third-order valence-corrected chi connectivity index (χ3v) is 5.53. The van der Waals surface area contributed by atoms with Crippen LogP contribution in [0.3, 0.4) is 0 Å². The van der Waals surface area contributed by atoms with Gasteiger partial charge in [0, 0.05) is 14.4 Å². The predicted molar refractivity (Wildman–Crippen MR) is 119 cm³/mol. The van der Waals surface area contributed by atoms with Gasteiger partial charge < -0.3 is 0 Å². The molecule has 0 bridgehead atoms. The predicted octanol–water partition coefficient (Wildman–Crippen LogP) is 5.21. The van der Waals surface area contributed by atoms with Gasteiger partial charge >= 0.3 is 0 Å². The van der Waals surface area contributed by atoms with Crippen LogP contribution in [-0.2, 0) is 9.42 Å². The van der Waals surface area contributed by atoms with E-state index in [2.05, 4.69) is 0 Å². The van der Waals surface area contributed by atoms with E-state index in [-0.39, 0.29) is 20.5 Å². The Morgan fingerprint density at radius 1 is 1.14 bits per heavy atom. The van der Waals surface area contributed by atoms with Crippen LogP contribution in [0.25, 0.3) is 6.08 Å². The topological polar surface area (TPSA) is 46.6 Å². The molecule has 150 valence electrons. The summed E-state index contributed by atoms with van der Waals surface area (Å²) in [5.41, 5.74) is 1.64. The Hall–Kier alpha value is -2.55. The fourth-order valence-corrected chi connectivity index (χ4v) is 3.88. The highest BCUT2D eigenvalue weighted by molar-refractivity contribution is 7.31. The Kier molecular flexibility index (Phi) is 7.13. The average Bonchev–Trinajstić information content (AvgIpc) is 3.05. The Balaban J connectivity index is 1.81. The van der Waals surface area contributed by atoms with Gasteiger partial charge in [-0.2, -0.15) is 0 Å². The van der Waals surface area contributed by atoms with Gasteiger partial charge in [0.25, 0.3) is 5.91 Å². The number of rotatable bonds is 8. The summed E-state index contributed by atoms with van der Waals surface area (Å²) >= 11 is 0. The molecular weight excluding hydrogens is 381 g/mol. The first-order chi connectivity index (χ1) is 14.1. The van der Waals surface area contributed by atoms with Gasteiger partial charge in [-0.15, -0.1) is 0 Å². The Morgan fingerprint density at radius 3 is 2.55 bits per heavy atom. The van der Waals surface area contributed by atoms with Gasteiger partial charge in [0.2, 0.25) is 0 Å². The monoisotopic (exact) mass is 407 g/mol. The molecule has 3 rings (SSSR count). The highest BCUT2D eigenvalue weighted by Crippen LogP contribution is 2.40. The highest BCUT2D eigenvalue weighted by atomic mass is 31.1. The zero-order valence-electron chi connectivity index (χ0n) is 16.8. The quantitative estimate of drug-likeness (QED) is 0.261. The summed E-state index contributed by atoms with van der Waals surface area (Å²) in [6.45, 7) is 4.28. The lowest BCUT2D eigenvalue weighted by Crippen LogP contribution is -2.39. The maximum atomic E-state index is 13.4. The Labute approximate surface area is 174 Å². The SMILES string of the molecule is CPON1CC[C@@](C/C=C/C=C/c2ccccc2)(C(=O)c2ccc(C)cc2)C1=O. The van der Waals surface area contributed by atoms with Crippen molar-refractivity contribution in [2.24, 2.45) is 5.41 Å². The van der Waals surface area contributed by atoms with Crippen LogP contribution in [0.15, 0.2) is 72.8 Å². The van der Waals surface area contributed by atoms with Crippen molar-refractivity contribution in [3.05, 3.63) is 89.5 Å². The fourth-order valence-electron chi connectivity index (χ4n) is 3.49. The van der Waals surface area contributed by atoms with Crippen molar-refractivity contribution in [1.82, 2.24) is 5.06 Å². The van der Waals surface area contributed by atoms with Gasteiger partial charge in [-0.05, 0) is 32.0 Å². The number of ketones is 1. The molecule has 29 heavy (non-hydrogen) atoms. The third kappa shape index (κ3) is 4.90. The molecule has 2 aromatic rings. The molecule has 1 heterocycles. The summed E-state index contributed by atoms with van der Waals surface area (Å²) in [7, 11) is 0.163. The largest absolute Gasteiger partial charge is 0.293 e. The number of hydrogen-bond acceptors (Lipinski definition) is 3. The van der Waals surface area contributed by atoms with Gasteiger partial charge in [0.1, 0.15) is 5.41 Å². The molecule has 4 nitrogen and oxygen atoms in total. The number of aryl methyl sites for hydroxylation is 1. The maximum absolute atomic E-state index is 13.4. The van der Waals surface area contributed by atoms with Crippen molar-refractivity contribution in [1.29, 1.82) is 0 Å². The second kappa shape index (κ2) is 9.78. The zero-order chi connectivity index (χ0) is 20.7. The van der Waals surface area contributed by atoms with Crippen LogP contribution in [0.5, 0.6) is 0 Å². The van der Waals surface area contributed by atoms with E-state index in [0.29, 0.717) is 24.9 Å². The molecule has 1 amide bonds. The van der Waals surface area contributed by atoms with Crippen LogP contribution in [0, 0.1) is 12.3 Å². The molecule has 1 fully saturated rings. The minimum absolute atomic E-state index is 0.135. The Bertz CT molecular complexity index is 905. The van der Waals surface area contributed by atoms with Gasteiger partial charge in [0.05, 0.1) is 6.54 Å². The fraction of sp³-hybridized carbons (Fsp3) is 0.250. The van der Waals surface area contributed by atoms with Crippen molar-refractivity contribution < 1.29 is 14.2 Å². The number of hydroxylamine groups is 2. The van der Waals surface area contributed by atoms with Crippen LogP contribution < -0.4 is 0 Å². The summed E-state index contributed by atoms with van der Waals surface area (Å²) in [6.07, 6.45) is 8.53. The maximum Gasteiger partial charge on any atom is 0.260 e. The van der Waals surface area contributed by atoms with Crippen molar-refractivity contribution in [2.75, 3.05) is 13.2 Å². The first-order valence-corrected chi connectivity index (χ1v) is 11.1. The number of carbonyl (C=O) groups is 2. The number of amides is 1. The molecule has 1 saturated heterocycles. The van der Waals surface area contributed by atoms with E-state index in [9.17, 15) is 9.59 Å². The molecule has 0 aliphatic carbocycles. The van der Waals surface area contributed by atoms with Crippen LogP contribution in [-0.4, -0.2) is 30.0 Å². The molecule has 0 radical (unpaired) electrons. The average molecular weight is 407 g/mol. The van der Waals surface area contributed by atoms with Crippen LogP contribution in [0.1, 0.15) is 34.3 Å². The molecular formula is C24H26NO3P. The molecule has 0 spiro atoms. The summed E-state index contributed by atoms with van der Waals surface area (Å²) in [6, 6.07) is 17.4. The molecule has 1 aliphatic heterocycles. The molecule has 1 unspecified atom stereocenters. The number of carbonyl (C=O) groups excluding carboxylic acids is 2. The minimum Gasteiger partial charge on any atom is -0.293 e. The van der Waals surface area contributed by atoms with Crippen LogP contribution in [0.2, 0.25) is 0 Å². The van der Waals surface area contributed by atoms with Crippen LogP contribution >= 0.6 is 8.81 Å². The van der Waals surface area contributed by atoms with E-state index in [0.717, 1.165) is 11.1 Å². The third-order valence-electron chi connectivity index (χ3n) is 5.13. The standard InChI is InChI=1S/C24H26NO3P/c1-19-12-14-21(15-13-19)22(26)24(17-18-25(23(24)27)28-29-2)16-8-4-7-11-20-9-5-3-6-10-20/h3-15,29H,16-18H2,1-2H3/b8-4+,11-7+/t24-/m0/s1. The summed E-state index contributed by atoms with van der Waals surface area (Å²) < 4.78 is 5.48. The number of Topliss-reactive ketones (excluding diaryl/α,β-unsaturated/α-hetero) is 1. The van der Waals surface area contributed by atoms with Crippen molar-refractivity contribution in [3.8, 4) is 0 Å². The van der Waals surface area contributed by atoms with Crippen LogP contribution in [0.4, 0.5) is 0 Å². The lowest BCUT2D eigenvalue weighted by atomic mass is 9.76. The zero-order valence-corrected chi connectivity index (χ0v) is 17.8. The van der Waals surface area contributed by atoms with E-state index < -0.39 is 5.41 Å². The summed E-state index contributed by atoms with van der Waals surface area (Å²) in [5, 5.41) is 1.36. The lowest BCUT2D eigenvalue weighted by molar-refractivity contribution is -0.153. The number of nitrogens with zero attached hydrogens (tertiary/aromatic N) is 1. The molecule has 2 atom stereocenters. The molecule has 0 N–H and O–H groups in total. The summed E-state index contributed by atoms with van der Waals surface area (Å²) in [4.78, 5) is 26.5. The van der Waals surface area contributed by atoms with E-state index in [1.54, 1.807) is 12.1 Å². The minimum atomic E-state index is -1.11. The van der Waals surface area contributed by atoms with E-state index in [4.69, 9.17) is 4.62 Å². The second-order valence-electron chi connectivity index (χ2n) is 7.13. The van der Waals surface area contributed by atoms with E-state index in [1.165, 1.54) is 5.06 Å². The van der Waals surface area contributed by atoms with Crippen molar-refractivity contribution >= 4 is 26.6 Å². The van der Waals surface area contributed by atoms with Gasteiger partial charge in [-0.1, -0.05) is 84.5 Å². The first-order valence-electron chi connectivity index (χ1n) is 9.72. The second-order valence-corrected chi connectivity index (χ2v) is 7.72. The van der Waals surface area contributed by atoms with Crippen molar-refractivity contribution in [3.63, 3.8) is 0 Å². The number of hydrogen-bond donors (Lipinski definition) is 0. The smallest absolute Gasteiger partial charge is 0.260 e. The molecule has 5 heteroatoms. The highest BCUT2D eigenvalue weighted by Gasteiger charge is 2.52. The molecule has 0 saturated carbocycles. The van der Waals surface area contributed by atoms with Gasteiger partial charge in [-0.3, -0.25) is 14.2 Å². The normalized spacial score (nSPS) is 19.9. The number of benzene rings is 2. The molecule has 0 aromatic heterocycles. The van der Waals surface area contributed by atoms with E-state index >= 15 is 0 Å². The van der Waals surface area contributed by atoms with Gasteiger partial charge in [-0.25, -0.2) is 5.06 Å².